The maximum atomic E-state index is 12.7. The lowest BCUT2D eigenvalue weighted by molar-refractivity contribution is -0.281. The Labute approximate surface area is 124 Å². The summed E-state index contributed by atoms with van der Waals surface area (Å²) in [6.45, 7) is -5.56. The predicted molar refractivity (Wildman–Crippen MR) is 49.1 cm³/mol. The maximum absolute atomic E-state index is 12.7. The van der Waals surface area contributed by atoms with Gasteiger partial charge in [0.25, 0.3) is 0 Å². The van der Waals surface area contributed by atoms with Gasteiger partial charge < -0.3 is 9.47 Å². The second kappa shape index (κ2) is 7.13. The summed E-state index contributed by atoms with van der Waals surface area (Å²) in [4.78, 5) is 10.6. The van der Waals surface area contributed by atoms with Crippen LogP contribution < -0.4 is 0 Å². The van der Waals surface area contributed by atoms with Gasteiger partial charge in [-0.25, -0.2) is 22.4 Å². The molecule has 0 aliphatic rings. The van der Waals surface area contributed by atoms with E-state index in [2.05, 4.69) is 9.47 Å². The van der Waals surface area contributed by atoms with Gasteiger partial charge in [-0.2, -0.15) is 35.1 Å². The number of alkyl halides is 12. The first kappa shape index (κ1) is 22.4. The normalized spacial score (nSPS) is 14.2. The first-order chi connectivity index (χ1) is 10.5. The molecule has 3 nitrogen and oxygen atoms in total. The first-order valence-electron chi connectivity index (χ1n) is 5.36. The fourth-order valence-electron chi connectivity index (χ4n) is 0.852. The molecule has 0 atom stereocenters. The van der Waals surface area contributed by atoms with Crippen LogP contribution in [0.3, 0.4) is 0 Å². The van der Waals surface area contributed by atoms with Crippen molar-refractivity contribution >= 4 is 6.16 Å². The SMILES string of the molecule is O=C(OCC(F)(F)C(F)(F)C(F)F)OCC(F)(F)C(F)(F)C(F)F. The third-order valence-corrected chi connectivity index (χ3v) is 2.27. The van der Waals surface area contributed by atoms with Gasteiger partial charge in [0.05, 0.1) is 0 Å². The van der Waals surface area contributed by atoms with Gasteiger partial charge in [-0.05, 0) is 0 Å². The molecule has 15 heteroatoms. The van der Waals surface area contributed by atoms with E-state index in [0.717, 1.165) is 0 Å². The minimum atomic E-state index is -5.97. The minimum absolute atomic E-state index is 2.68. The highest BCUT2D eigenvalue weighted by molar-refractivity contribution is 5.60. The molecule has 0 aromatic rings. The van der Waals surface area contributed by atoms with E-state index in [1.165, 1.54) is 0 Å². The van der Waals surface area contributed by atoms with Gasteiger partial charge in [0.15, 0.2) is 13.2 Å². The Morgan fingerprint density at radius 3 is 1.12 bits per heavy atom. The zero-order valence-electron chi connectivity index (χ0n) is 10.8. The summed E-state index contributed by atoms with van der Waals surface area (Å²) in [5.74, 6) is -23.3. The van der Waals surface area contributed by atoms with Crippen LogP contribution >= 0.6 is 0 Å². The highest BCUT2D eigenvalue weighted by Crippen LogP contribution is 2.40. The standard InChI is InChI=1S/C9H6F12O3/c10-3(11)8(18,19)6(14,15)1-23-5(22)24-2-7(16,17)9(20,21)4(12)13/h3-4H,1-2H2. The van der Waals surface area contributed by atoms with Crippen LogP contribution in [0.5, 0.6) is 0 Å². The Bertz CT molecular complexity index is 397. The van der Waals surface area contributed by atoms with Crippen molar-refractivity contribution in [2.45, 2.75) is 36.5 Å². The van der Waals surface area contributed by atoms with E-state index < -0.39 is 55.9 Å². The Balaban J connectivity index is 4.68. The molecule has 0 bridgehead atoms. The number of carbonyl (C=O) groups is 1. The van der Waals surface area contributed by atoms with Gasteiger partial charge in [0.1, 0.15) is 0 Å². The number of hydrogen-bond acceptors (Lipinski definition) is 3. The van der Waals surface area contributed by atoms with Gasteiger partial charge in [0, 0.05) is 0 Å². The second-order valence-corrected chi connectivity index (χ2v) is 4.08. The summed E-state index contributed by atoms with van der Waals surface area (Å²) >= 11 is 0. The molecular formula is C9H6F12O3. The molecule has 0 aromatic carbocycles. The van der Waals surface area contributed by atoms with Crippen molar-refractivity contribution in [2.75, 3.05) is 13.2 Å². The molecule has 0 spiro atoms. The summed E-state index contributed by atoms with van der Waals surface area (Å²) in [5.41, 5.74) is 0. The molecule has 0 saturated carbocycles. The van der Waals surface area contributed by atoms with Crippen molar-refractivity contribution < 1.29 is 67.0 Å². The third kappa shape index (κ3) is 4.72. The molecule has 0 fully saturated rings. The lowest BCUT2D eigenvalue weighted by Gasteiger charge is -2.26. The van der Waals surface area contributed by atoms with Gasteiger partial charge in [-0.3, -0.25) is 0 Å². The molecule has 144 valence electrons. The average Bonchev–Trinajstić information content (AvgIpc) is 2.42. The molecule has 0 N–H and O–H groups in total. The zero-order chi connectivity index (χ0) is 19.6. The average molecular weight is 390 g/mol. The molecule has 0 unspecified atom stereocenters. The van der Waals surface area contributed by atoms with Crippen LogP contribution in [0.1, 0.15) is 0 Å². The highest BCUT2D eigenvalue weighted by Gasteiger charge is 2.65. The van der Waals surface area contributed by atoms with Gasteiger partial charge in [-0.1, -0.05) is 0 Å². The van der Waals surface area contributed by atoms with Gasteiger partial charge in [0.2, 0.25) is 0 Å². The Morgan fingerprint density at radius 1 is 0.667 bits per heavy atom. The van der Waals surface area contributed by atoms with E-state index in [4.69, 9.17) is 0 Å². The van der Waals surface area contributed by atoms with E-state index in [-0.39, 0.29) is 0 Å². The van der Waals surface area contributed by atoms with Gasteiger partial charge >= 0.3 is 42.7 Å². The molecule has 0 aliphatic heterocycles. The second-order valence-electron chi connectivity index (χ2n) is 4.08. The van der Waals surface area contributed by atoms with E-state index in [1.807, 2.05) is 0 Å². The third-order valence-electron chi connectivity index (χ3n) is 2.27. The molecule has 0 aromatic heterocycles. The van der Waals surface area contributed by atoms with Crippen molar-refractivity contribution in [3.63, 3.8) is 0 Å². The van der Waals surface area contributed by atoms with Gasteiger partial charge in [-0.15, -0.1) is 0 Å². The van der Waals surface area contributed by atoms with Crippen LogP contribution in [0.2, 0.25) is 0 Å². The van der Waals surface area contributed by atoms with Crippen LogP contribution in [-0.2, 0) is 9.47 Å². The largest absolute Gasteiger partial charge is 0.508 e. The van der Waals surface area contributed by atoms with Crippen molar-refractivity contribution in [3.8, 4) is 0 Å². The number of ether oxygens (including phenoxy) is 2. The fraction of sp³-hybridized carbons (Fsp3) is 0.889. The lowest BCUT2D eigenvalue weighted by Crippen LogP contribution is -2.50. The molecule has 0 rings (SSSR count). The topological polar surface area (TPSA) is 35.5 Å². The summed E-state index contributed by atoms with van der Waals surface area (Å²) in [6.07, 6.45) is -12.5. The molecule has 0 amide bonds. The predicted octanol–water partition coefficient (Wildman–Crippen LogP) is 4.21. The number of rotatable bonds is 8. The fourth-order valence-corrected chi connectivity index (χ4v) is 0.852. The van der Waals surface area contributed by atoms with Crippen molar-refractivity contribution in [2.24, 2.45) is 0 Å². The van der Waals surface area contributed by atoms with Crippen LogP contribution in [-0.4, -0.2) is 55.9 Å². The van der Waals surface area contributed by atoms with Crippen molar-refractivity contribution in [1.29, 1.82) is 0 Å². The number of halogens is 12. The van der Waals surface area contributed by atoms with Crippen molar-refractivity contribution in [1.82, 2.24) is 0 Å². The summed E-state index contributed by atoms with van der Waals surface area (Å²) in [5, 5.41) is 0. The maximum Gasteiger partial charge on any atom is 0.508 e. The smallest absolute Gasteiger partial charge is 0.428 e. The summed E-state index contributed by atoms with van der Waals surface area (Å²) < 4.78 is 153. The highest BCUT2D eigenvalue weighted by atomic mass is 19.4. The Hall–Kier alpha value is -1.57. The van der Waals surface area contributed by atoms with Crippen LogP contribution in [0.15, 0.2) is 0 Å². The minimum Gasteiger partial charge on any atom is -0.428 e. The Morgan fingerprint density at radius 2 is 0.917 bits per heavy atom. The van der Waals surface area contributed by atoms with Crippen LogP contribution in [0.25, 0.3) is 0 Å². The van der Waals surface area contributed by atoms with E-state index >= 15 is 0 Å². The zero-order valence-corrected chi connectivity index (χ0v) is 10.8. The van der Waals surface area contributed by atoms with Crippen LogP contribution in [0.4, 0.5) is 57.5 Å². The van der Waals surface area contributed by atoms with E-state index in [0.29, 0.717) is 0 Å². The quantitative estimate of drug-likeness (QED) is 0.460. The lowest BCUT2D eigenvalue weighted by atomic mass is 10.2. The molecule has 0 aliphatic carbocycles. The molecule has 0 radical (unpaired) electrons. The summed E-state index contributed by atoms with van der Waals surface area (Å²) in [7, 11) is 0. The molecular weight excluding hydrogens is 384 g/mol. The van der Waals surface area contributed by atoms with E-state index in [1.54, 1.807) is 0 Å². The molecule has 24 heavy (non-hydrogen) atoms. The van der Waals surface area contributed by atoms with E-state index in [9.17, 15) is 57.5 Å². The van der Waals surface area contributed by atoms with Crippen LogP contribution in [0, 0.1) is 0 Å². The van der Waals surface area contributed by atoms with Crippen molar-refractivity contribution in [3.05, 3.63) is 0 Å². The number of hydrogen-bond donors (Lipinski definition) is 0. The Kier molecular flexibility index (Phi) is 6.66. The monoisotopic (exact) mass is 390 g/mol. The molecule has 0 saturated heterocycles. The first-order valence-corrected chi connectivity index (χ1v) is 5.36. The molecule has 0 heterocycles. The number of carbonyl (C=O) groups excluding carboxylic acids is 1. The summed E-state index contributed by atoms with van der Waals surface area (Å²) in [6, 6.07) is 0.